The molecule has 0 fully saturated rings. The molecule has 0 bridgehead atoms. The quantitative estimate of drug-likeness (QED) is 0.451. The molecule has 0 radical (unpaired) electrons. The van der Waals surface area contributed by atoms with E-state index in [-0.39, 0.29) is 12.5 Å². The second-order valence-corrected chi connectivity index (χ2v) is 6.66. The topological polar surface area (TPSA) is 119 Å². The monoisotopic (exact) mass is 399 g/mol. The Kier molecular flexibility index (Phi) is 4.48. The van der Waals surface area contributed by atoms with E-state index in [0.29, 0.717) is 23.7 Å². The van der Waals surface area contributed by atoms with Crippen LogP contribution in [-0.2, 0) is 17.9 Å². The van der Waals surface area contributed by atoms with Crippen LogP contribution >= 0.6 is 0 Å². The average Bonchev–Trinajstić information content (AvgIpc) is 3.50. The zero-order valence-corrected chi connectivity index (χ0v) is 15.8. The van der Waals surface area contributed by atoms with E-state index in [1.54, 1.807) is 40.3 Å². The summed E-state index contributed by atoms with van der Waals surface area (Å²) in [6.07, 6.45) is 8.12. The second-order valence-electron chi connectivity index (χ2n) is 6.66. The van der Waals surface area contributed by atoms with Gasteiger partial charge >= 0.3 is 0 Å². The van der Waals surface area contributed by atoms with E-state index in [1.807, 2.05) is 30.3 Å². The third-order valence-corrected chi connectivity index (χ3v) is 4.59. The first-order chi connectivity index (χ1) is 14.8. The van der Waals surface area contributed by atoms with Gasteiger partial charge in [-0.15, -0.1) is 0 Å². The molecule has 0 unspecified atom stereocenters. The Morgan fingerprint density at radius 2 is 1.97 bits per heavy atom. The highest BCUT2D eigenvalue weighted by Gasteiger charge is 2.13. The van der Waals surface area contributed by atoms with Crippen LogP contribution in [0.15, 0.2) is 67.6 Å². The summed E-state index contributed by atoms with van der Waals surface area (Å²) in [5.74, 6) is 0.431. The van der Waals surface area contributed by atoms with E-state index in [2.05, 4.69) is 35.5 Å². The van der Waals surface area contributed by atoms with Gasteiger partial charge in [-0.25, -0.2) is 19.6 Å². The molecule has 2 N–H and O–H groups in total. The summed E-state index contributed by atoms with van der Waals surface area (Å²) in [6.45, 7) is 0.636. The first-order valence-electron chi connectivity index (χ1n) is 9.29. The van der Waals surface area contributed by atoms with Gasteiger partial charge in [0.25, 0.3) is 0 Å². The molecule has 1 amide bonds. The van der Waals surface area contributed by atoms with Gasteiger partial charge in [0.1, 0.15) is 29.9 Å². The number of fused-ring (bicyclic) bond motifs is 1. The van der Waals surface area contributed by atoms with Gasteiger partial charge < -0.3 is 10.3 Å². The van der Waals surface area contributed by atoms with Crippen molar-refractivity contribution < 1.29 is 4.79 Å². The minimum absolute atomic E-state index is 0.0632. The molecule has 0 atom stereocenters. The Morgan fingerprint density at radius 3 is 2.87 bits per heavy atom. The lowest BCUT2D eigenvalue weighted by molar-refractivity contribution is -0.116. The number of anilines is 1. The number of imidazole rings is 1. The summed E-state index contributed by atoms with van der Waals surface area (Å²) in [5.41, 5.74) is 3.87. The van der Waals surface area contributed by atoms with Crippen molar-refractivity contribution in [3.05, 3.63) is 73.2 Å². The van der Waals surface area contributed by atoms with E-state index in [1.165, 1.54) is 6.33 Å². The van der Waals surface area contributed by atoms with Crippen LogP contribution in [0.1, 0.15) is 5.56 Å². The van der Waals surface area contributed by atoms with Crippen LogP contribution in [0.3, 0.4) is 0 Å². The van der Waals surface area contributed by atoms with Crippen molar-refractivity contribution in [2.24, 2.45) is 0 Å². The number of carbonyl (C=O) groups is 1. The standard InChI is InChI=1S/C20H17N9O/c30-17(27-16-6-7-25-29(16)9-14-4-2-1-3-5-14)11-28-10-15(8-26-28)18-19-20(23-12-21-18)24-13-22-19/h1-8,10,12-13H,9,11H2,(H,27,30)(H,21,22,23,24). The number of H-pyrrole nitrogens is 1. The molecule has 5 aromatic rings. The number of carbonyl (C=O) groups excluding carboxylic acids is 1. The van der Waals surface area contributed by atoms with Crippen molar-refractivity contribution in [3.8, 4) is 11.3 Å². The van der Waals surface area contributed by atoms with Crippen molar-refractivity contribution in [1.29, 1.82) is 0 Å². The molecule has 30 heavy (non-hydrogen) atoms. The molecule has 0 saturated carbocycles. The Hall–Kier alpha value is -4.34. The largest absolute Gasteiger partial charge is 0.341 e. The van der Waals surface area contributed by atoms with Crippen LogP contribution in [0.2, 0.25) is 0 Å². The van der Waals surface area contributed by atoms with Gasteiger partial charge in [-0.3, -0.25) is 9.48 Å². The van der Waals surface area contributed by atoms with E-state index in [9.17, 15) is 4.79 Å². The summed E-state index contributed by atoms with van der Waals surface area (Å²) in [4.78, 5) is 28.1. The Labute approximate surface area is 170 Å². The summed E-state index contributed by atoms with van der Waals surface area (Å²) in [6, 6.07) is 11.7. The number of nitrogens with zero attached hydrogens (tertiary/aromatic N) is 7. The van der Waals surface area contributed by atoms with Gasteiger partial charge in [-0.05, 0) is 5.56 Å². The van der Waals surface area contributed by atoms with Gasteiger partial charge in [0, 0.05) is 17.8 Å². The Morgan fingerprint density at radius 1 is 1.07 bits per heavy atom. The molecule has 4 heterocycles. The summed E-state index contributed by atoms with van der Waals surface area (Å²) in [7, 11) is 0. The fourth-order valence-electron chi connectivity index (χ4n) is 3.21. The minimum atomic E-state index is -0.200. The zero-order chi connectivity index (χ0) is 20.3. The van der Waals surface area contributed by atoms with Crippen LogP contribution in [0.5, 0.6) is 0 Å². The van der Waals surface area contributed by atoms with Crippen LogP contribution in [-0.4, -0.2) is 45.4 Å². The smallest absolute Gasteiger partial charge is 0.247 e. The molecular weight excluding hydrogens is 382 g/mol. The van der Waals surface area contributed by atoms with Crippen molar-refractivity contribution in [1.82, 2.24) is 39.5 Å². The molecule has 148 valence electrons. The fraction of sp³-hybridized carbons (Fsp3) is 0.100. The normalized spacial score (nSPS) is 11.1. The highest BCUT2D eigenvalue weighted by molar-refractivity contribution is 5.90. The van der Waals surface area contributed by atoms with Crippen molar-refractivity contribution in [2.75, 3.05) is 5.32 Å². The van der Waals surface area contributed by atoms with Gasteiger partial charge in [0.05, 0.1) is 25.3 Å². The minimum Gasteiger partial charge on any atom is -0.341 e. The van der Waals surface area contributed by atoms with E-state index in [0.717, 1.165) is 16.6 Å². The molecule has 4 aromatic heterocycles. The maximum Gasteiger partial charge on any atom is 0.247 e. The molecule has 0 aliphatic carbocycles. The molecule has 0 saturated heterocycles. The van der Waals surface area contributed by atoms with Crippen LogP contribution in [0.4, 0.5) is 5.82 Å². The molecule has 0 aliphatic rings. The number of benzene rings is 1. The first kappa shape index (κ1) is 17.7. The van der Waals surface area contributed by atoms with Gasteiger partial charge in [0.2, 0.25) is 5.91 Å². The molecular formula is C20H17N9O. The molecule has 5 rings (SSSR count). The lowest BCUT2D eigenvalue weighted by atomic mass is 10.2. The summed E-state index contributed by atoms with van der Waals surface area (Å²) < 4.78 is 3.31. The van der Waals surface area contributed by atoms with Gasteiger partial charge in [-0.1, -0.05) is 30.3 Å². The number of amides is 1. The Bertz CT molecular complexity index is 1300. The second kappa shape index (κ2) is 7.59. The number of aromatic nitrogens is 8. The van der Waals surface area contributed by atoms with Crippen molar-refractivity contribution in [3.63, 3.8) is 0 Å². The SMILES string of the molecule is O=C(Cn1cc(-c2ncnc3nc[nH]c23)cn1)Nc1ccnn1Cc1ccccc1. The number of aromatic amines is 1. The Balaban J connectivity index is 1.28. The van der Waals surface area contributed by atoms with E-state index in [4.69, 9.17) is 0 Å². The van der Waals surface area contributed by atoms with Crippen LogP contribution in [0, 0.1) is 0 Å². The third kappa shape index (κ3) is 3.53. The molecule has 10 heteroatoms. The summed E-state index contributed by atoms with van der Waals surface area (Å²) >= 11 is 0. The fourth-order valence-corrected chi connectivity index (χ4v) is 3.21. The van der Waals surface area contributed by atoms with E-state index < -0.39 is 0 Å². The molecule has 0 aliphatic heterocycles. The average molecular weight is 399 g/mol. The van der Waals surface area contributed by atoms with Gasteiger partial charge in [0.15, 0.2) is 5.65 Å². The molecule has 0 spiro atoms. The zero-order valence-electron chi connectivity index (χ0n) is 15.8. The lowest BCUT2D eigenvalue weighted by Crippen LogP contribution is -2.21. The number of rotatable bonds is 6. The van der Waals surface area contributed by atoms with Gasteiger partial charge in [-0.2, -0.15) is 10.2 Å². The summed E-state index contributed by atoms with van der Waals surface area (Å²) in [5, 5.41) is 11.5. The maximum absolute atomic E-state index is 12.5. The third-order valence-electron chi connectivity index (χ3n) is 4.59. The predicted octanol–water partition coefficient (Wildman–Crippen LogP) is 2.10. The van der Waals surface area contributed by atoms with Crippen molar-refractivity contribution in [2.45, 2.75) is 13.1 Å². The number of hydrogen-bond acceptors (Lipinski definition) is 6. The highest BCUT2D eigenvalue weighted by Crippen LogP contribution is 2.22. The van der Waals surface area contributed by atoms with E-state index >= 15 is 0 Å². The number of nitrogens with one attached hydrogen (secondary N) is 2. The van der Waals surface area contributed by atoms with Crippen LogP contribution < -0.4 is 5.32 Å². The maximum atomic E-state index is 12.5. The number of hydrogen-bond donors (Lipinski definition) is 2. The lowest BCUT2D eigenvalue weighted by Gasteiger charge is -2.09. The molecule has 1 aromatic carbocycles. The first-order valence-corrected chi connectivity index (χ1v) is 9.29. The predicted molar refractivity (Wildman–Crippen MR) is 109 cm³/mol. The highest BCUT2D eigenvalue weighted by atomic mass is 16.2. The van der Waals surface area contributed by atoms with Crippen molar-refractivity contribution >= 4 is 22.9 Å². The van der Waals surface area contributed by atoms with Crippen LogP contribution in [0.25, 0.3) is 22.4 Å². The molecule has 10 nitrogen and oxygen atoms in total.